The Morgan fingerprint density at radius 1 is 1.32 bits per heavy atom. The van der Waals surface area contributed by atoms with Crippen LogP contribution in [0.2, 0.25) is 5.02 Å². The highest BCUT2D eigenvalue weighted by Crippen LogP contribution is 2.41. The molecular formula is C14H11Cl2FN2. The average molecular weight is 297 g/mol. The average Bonchev–Trinajstić information content (AvgIpc) is 3.25. The molecular weight excluding hydrogens is 286 g/mol. The summed E-state index contributed by atoms with van der Waals surface area (Å²) in [6.45, 7) is 0. The van der Waals surface area contributed by atoms with Gasteiger partial charge in [0.2, 0.25) is 0 Å². The molecule has 0 radical (unpaired) electrons. The Morgan fingerprint density at radius 3 is 2.74 bits per heavy atom. The first-order valence-electron chi connectivity index (χ1n) is 6.06. The maximum Gasteiger partial charge on any atom is 0.159 e. The predicted molar refractivity (Wildman–Crippen MR) is 74.0 cm³/mol. The SMILES string of the molecule is Fc1ccc(-c2ncc(CCl)c(C3CC3)n2)cc1Cl. The maximum atomic E-state index is 13.2. The van der Waals surface area contributed by atoms with E-state index in [0.717, 1.165) is 29.7 Å². The molecule has 0 unspecified atom stereocenters. The summed E-state index contributed by atoms with van der Waals surface area (Å²) in [5.74, 6) is 1.03. The molecule has 1 heterocycles. The zero-order chi connectivity index (χ0) is 13.4. The number of rotatable bonds is 3. The maximum absolute atomic E-state index is 13.2. The van der Waals surface area contributed by atoms with Gasteiger partial charge in [0.1, 0.15) is 5.82 Å². The molecule has 1 saturated carbocycles. The largest absolute Gasteiger partial charge is 0.236 e. The monoisotopic (exact) mass is 296 g/mol. The van der Waals surface area contributed by atoms with Crippen LogP contribution in [-0.2, 0) is 5.88 Å². The minimum Gasteiger partial charge on any atom is -0.236 e. The number of hydrogen-bond donors (Lipinski definition) is 0. The first-order valence-corrected chi connectivity index (χ1v) is 6.97. The van der Waals surface area contributed by atoms with Gasteiger partial charge in [-0.1, -0.05) is 11.6 Å². The lowest BCUT2D eigenvalue weighted by atomic mass is 10.1. The summed E-state index contributed by atoms with van der Waals surface area (Å²) < 4.78 is 13.2. The summed E-state index contributed by atoms with van der Waals surface area (Å²) >= 11 is 11.7. The number of benzene rings is 1. The van der Waals surface area contributed by atoms with E-state index in [4.69, 9.17) is 23.2 Å². The first kappa shape index (κ1) is 12.8. The quantitative estimate of drug-likeness (QED) is 0.777. The molecule has 1 aromatic carbocycles. The van der Waals surface area contributed by atoms with Crippen molar-refractivity contribution in [2.75, 3.05) is 0 Å². The Bertz CT molecular complexity index is 627. The summed E-state index contributed by atoms with van der Waals surface area (Å²) in [4.78, 5) is 8.85. The molecule has 0 aliphatic heterocycles. The topological polar surface area (TPSA) is 25.8 Å². The van der Waals surface area contributed by atoms with Crippen molar-refractivity contribution in [2.45, 2.75) is 24.6 Å². The minimum atomic E-state index is -0.440. The fourth-order valence-corrected chi connectivity index (χ4v) is 2.39. The molecule has 0 spiro atoms. The van der Waals surface area contributed by atoms with E-state index in [9.17, 15) is 4.39 Å². The Morgan fingerprint density at radius 2 is 2.11 bits per heavy atom. The lowest BCUT2D eigenvalue weighted by Crippen LogP contribution is -1.99. The second kappa shape index (κ2) is 5.06. The van der Waals surface area contributed by atoms with Crippen LogP contribution in [0.4, 0.5) is 4.39 Å². The highest BCUT2D eigenvalue weighted by atomic mass is 35.5. The fourth-order valence-electron chi connectivity index (χ4n) is 2.01. The standard InChI is InChI=1S/C14H11Cl2FN2/c15-6-10-7-18-14(19-13(10)8-1-2-8)9-3-4-12(17)11(16)5-9/h3-5,7-8H,1-2,6H2. The fraction of sp³-hybridized carbons (Fsp3) is 0.286. The van der Waals surface area contributed by atoms with Crippen LogP contribution in [0.3, 0.4) is 0 Å². The van der Waals surface area contributed by atoms with E-state index < -0.39 is 5.82 Å². The Labute approximate surface area is 120 Å². The van der Waals surface area contributed by atoms with Gasteiger partial charge >= 0.3 is 0 Å². The zero-order valence-corrected chi connectivity index (χ0v) is 11.5. The molecule has 0 atom stereocenters. The summed E-state index contributed by atoms with van der Waals surface area (Å²) in [7, 11) is 0. The number of aromatic nitrogens is 2. The van der Waals surface area contributed by atoms with Crippen LogP contribution in [0.25, 0.3) is 11.4 Å². The minimum absolute atomic E-state index is 0.0792. The van der Waals surface area contributed by atoms with Gasteiger partial charge in [-0.2, -0.15) is 0 Å². The summed E-state index contributed by atoms with van der Waals surface area (Å²) in [5.41, 5.74) is 2.70. The van der Waals surface area contributed by atoms with Crippen molar-refractivity contribution < 1.29 is 4.39 Å². The molecule has 0 amide bonds. The molecule has 2 aromatic rings. The molecule has 1 aromatic heterocycles. The molecule has 0 saturated heterocycles. The van der Waals surface area contributed by atoms with Gasteiger partial charge in [0.15, 0.2) is 5.82 Å². The van der Waals surface area contributed by atoms with E-state index in [2.05, 4.69) is 9.97 Å². The van der Waals surface area contributed by atoms with Crippen molar-refractivity contribution in [3.8, 4) is 11.4 Å². The molecule has 19 heavy (non-hydrogen) atoms. The molecule has 5 heteroatoms. The normalized spacial score (nSPS) is 14.7. The first-order chi connectivity index (χ1) is 9.19. The van der Waals surface area contributed by atoms with E-state index in [1.165, 1.54) is 6.07 Å². The van der Waals surface area contributed by atoms with Gasteiger partial charge in [0, 0.05) is 23.2 Å². The number of hydrogen-bond acceptors (Lipinski definition) is 2. The predicted octanol–water partition coefficient (Wildman–Crippen LogP) is 4.55. The molecule has 0 N–H and O–H groups in total. The zero-order valence-electron chi connectivity index (χ0n) is 10.0. The lowest BCUT2D eigenvalue weighted by molar-refractivity contribution is 0.628. The van der Waals surface area contributed by atoms with Gasteiger partial charge in [0.25, 0.3) is 0 Å². The van der Waals surface area contributed by atoms with Crippen molar-refractivity contribution in [3.63, 3.8) is 0 Å². The Balaban J connectivity index is 2.04. The molecule has 2 nitrogen and oxygen atoms in total. The molecule has 1 aliphatic rings. The second-order valence-electron chi connectivity index (χ2n) is 4.64. The lowest BCUT2D eigenvalue weighted by Gasteiger charge is -2.08. The van der Waals surface area contributed by atoms with Crippen LogP contribution in [0, 0.1) is 5.82 Å². The third-order valence-electron chi connectivity index (χ3n) is 3.18. The Hall–Kier alpha value is -1.19. The van der Waals surface area contributed by atoms with Crippen molar-refractivity contribution in [3.05, 3.63) is 46.5 Å². The third-order valence-corrected chi connectivity index (χ3v) is 3.76. The molecule has 1 fully saturated rings. The van der Waals surface area contributed by atoms with Crippen LogP contribution >= 0.6 is 23.2 Å². The number of halogens is 3. The molecule has 98 valence electrons. The van der Waals surface area contributed by atoms with Crippen molar-refractivity contribution in [1.82, 2.24) is 9.97 Å². The van der Waals surface area contributed by atoms with Crippen molar-refractivity contribution in [2.24, 2.45) is 0 Å². The van der Waals surface area contributed by atoms with Crippen LogP contribution in [0.15, 0.2) is 24.4 Å². The third kappa shape index (κ3) is 2.58. The number of alkyl halides is 1. The van der Waals surface area contributed by atoms with E-state index in [1.807, 2.05) is 0 Å². The molecule has 0 bridgehead atoms. The van der Waals surface area contributed by atoms with Crippen LogP contribution in [0.1, 0.15) is 30.0 Å². The summed E-state index contributed by atoms with van der Waals surface area (Å²) in [5, 5.41) is 0.0792. The highest BCUT2D eigenvalue weighted by Gasteiger charge is 2.28. The van der Waals surface area contributed by atoms with Gasteiger partial charge in [-0.05, 0) is 31.0 Å². The molecule has 3 rings (SSSR count). The van der Waals surface area contributed by atoms with Crippen LogP contribution in [-0.4, -0.2) is 9.97 Å². The van der Waals surface area contributed by atoms with Gasteiger partial charge in [-0.25, -0.2) is 14.4 Å². The van der Waals surface area contributed by atoms with E-state index in [-0.39, 0.29) is 5.02 Å². The summed E-state index contributed by atoms with van der Waals surface area (Å²) in [6.07, 6.45) is 4.04. The van der Waals surface area contributed by atoms with Crippen LogP contribution in [0.5, 0.6) is 0 Å². The van der Waals surface area contributed by atoms with Crippen LogP contribution < -0.4 is 0 Å². The van der Waals surface area contributed by atoms with Gasteiger partial charge in [-0.15, -0.1) is 11.6 Å². The van der Waals surface area contributed by atoms with Gasteiger partial charge in [-0.3, -0.25) is 0 Å². The second-order valence-corrected chi connectivity index (χ2v) is 5.32. The molecule has 1 aliphatic carbocycles. The van der Waals surface area contributed by atoms with Gasteiger partial charge in [0.05, 0.1) is 16.6 Å². The Kier molecular flexibility index (Phi) is 3.42. The smallest absolute Gasteiger partial charge is 0.159 e. The summed E-state index contributed by atoms with van der Waals surface area (Å²) in [6, 6.07) is 4.50. The highest BCUT2D eigenvalue weighted by molar-refractivity contribution is 6.31. The van der Waals surface area contributed by atoms with Crippen molar-refractivity contribution >= 4 is 23.2 Å². The van der Waals surface area contributed by atoms with Crippen molar-refractivity contribution in [1.29, 1.82) is 0 Å². The van der Waals surface area contributed by atoms with E-state index in [0.29, 0.717) is 17.6 Å². The van der Waals surface area contributed by atoms with E-state index >= 15 is 0 Å². The van der Waals surface area contributed by atoms with Gasteiger partial charge < -0.3 is 0 Å². The number of nitrogens with zero attached hydrogens (tertiary/aromatic N) is 2. The van der Waals surface area contributed by atoms with E-state index in [1.54, 1.807) is 18.3 Å².